The summed E-state index contributed by atoms with van der Waals surface area (Å²) < 4.78 is 14.0. The first-order valence-corrected chi connectivity index (χ1v) is 7.79. The van der Waals surface area contributed by atoms with Crippen molar-refractivity contribution in [3.63, 3.8) is 0 Å². The summed E-state index contributed by atoms with van der Waals surface area (Å²) in [4.78, 5) is 2.15. The van der Waals surface area contributed by atoms with Crippen LogP contribution in [0, 0.1) is 12.7 Å². The van der Waals surface area contributed by atoms with Crippen LogP contribution < -0.4 is 5.32 Å². The first-order chi connectivity index (χ1) is 9.72. The molecule has 3 rings (SSSR count). The first kappa shape index (κ1) is 13.7. The Hall–Kier alpha value is -1.32. The van der Waals surface area contributed by atoms with Crippen molar-refractivity contribution in [2.45, 2.75) is 42.1 Å². The third-order valence-corrected chi connectivity index (χ3v) is 4.58. The molecule has 0 atom stereocenters. The third kappa shape index (κ3) is 3.41. The molecule has 0 bridgehead atoms. The van der Waals surface area contributed by atoms with Crippen LogP contribution in [0.5, 0.6) is 0 Å². The van der Waals surface area contributed by atoms with Crippen molar-refractivity contribution >= 4 is 11.8 Å². The van der Waals surface area contributed by atoms with Gasteiger partial charge in [0.25, 0.3) is 0 Å². The molecule has 1 saturated carbocycles. The van der Waals surface area contributed by atoms with Gasteiger partial charge in [0.15, 0.2) is 0 Å². The van der Waals surface area contributed by atoms with E-state index >= 15 is 0 Å². The molecule has 0 spiro atoms. The zero-order chi connectivity index (χ0) is 13.9. The molecule has 0 amide bonds. The molecule has 1 fully saturated rings. The molecule has 20 heavy (non-hydrogen) atoms. The number of rotatable bonds is 5. The third-order valence-electron chi connectivity index (χ3n) is 3.47. The van der Waals surface area contributed by atoms with E-state index in [1.54, 1.807) is 23.9 Å². The Kier molecular flexibility index (Phi) is 4.08. The van der Waals surface area contributed by atoms with Gasteiger partial charge < -0.3 is 5.32 Å². The van der Waals surface area contributed by atoms with Crippen LogP contribution in [0.4, 0.5) is 4.39 Å². The Balaban J connectivity index is 1.80. The number of hydrogen-bond donors (Lipinski definition) is 1. The van der Waals surface area contributed by atoms with Gasteiger partial charge in [-0.2, -0.15) is 0 Å². The highest BCUT2D eigenvalue weighted by Gasteiger charge is 2.21. The zero-order valence-electron chi connectivity index (χ0n) is 11.5. The Labute approximate surface area is 123 Å². The predicted molar refractivity (Wildman–Crippen MR) is 81.6 cm³/mol. The van der Waals surface area contributed by atoms with Crippen molar-refractivity contribution < 1.29 is 4.39 Å². The van der Waals surface area contributed by atoms with Gasteiger partial charge in [-0.05, 0) is 44.0 Å². The fraction of sp³-hybridized carbons (Fsp3) is 0.294. The molecule has 3 heteroatoms. The van der Waals surface area contributed by atoms with E-state index in [2.05, 4.69) is 36.5 Å². The van der Waals surface area contributed by atoms with Crippen LogP contribution in [0.1, 0.15) is 24.0 Å². The van der Waals surface area contributed by atoms with Crippen LogP contribution in [0.3, 0.4) is 0 Å². The number of aryl methyl sites for hydroxylation is 1. The van der Waals surface area contributed by atoms with Crippen molar-refractivity contribution in [1.29, 1.82) is 0 Å². The molecule has 0 aromatic heterocycles. The van der Waals surface area contributed by atoms with E-state index in [0.717, 1.165) is 15.4 Å². The molecule has 0 aliphatic heterocycles. The van der Waals surface area contributed by atoms with Crippen LogP contribution in [0.25, 0.3) is 0 Å². The number of nitrogens with one attached hydrogen (secondary N) is 1. The van der Waals surface area contributed by atoms with E-state index in [4.69, 9.17) is 0 Å². The van der Waals surface area contributed by atoms with Crippen LogP contribution in [-0.2, 0) is 6.54 Å². The monoisotopic (exact) mass is 287 g/mol. The minimum atomic E-state index is -0.115. The van der Waals surface area contributed by atoms with Crippen LogP contribution in [-0.4, -0.2) is 6.04 Å². The number of benzene rings is 2. The van der Waals surface area contributed by atoms with E-state index < -0.39 is 0 Å². The predicted octanol–water partition coefficient (Wildman–Crippen LogP) is 4.54. The van der Waals surface area contributed by atoms with Crippen molar-refractivity contribution in [2.24, 2.45) is 0 Å². The summed E-state index contributed by atoms with van der Waals surface area (Å²) in [6.45, 7) is 2.69. The Morgan fingerprint density at radius 1 is 1.15 bits per heavy atom. The summed E-state index contributed by atoms with van der Waals surface area (Å²) >= 11 is 1.63. The van der Waals surface area contributed by atoms with Gasteiger partial charge in [-0.15, -0.1) is 0 Å². The highest BCUT2D eigenvalue weighted by atomic mass is 32.2. The van der Waals surface area contributed by atoms with Crippen LogP contribution in [0.15, 0.2) is 52.3 Å². The lowest BCUT2D eigenvalue weighted by Crippen LogP contribution is -2.16. The maximum absolute atomic E-state index is 14.0. The molecule has 1 N–H and O–H groups in total. The second-order valence-electron chi connectivity index (χ2n) is 5.29. The molecule has 104 valence electrons. The molecule has 0 saturated heterocycles. The second kappa shape index (κ2) is 5.98. The molecule has 2 aromatic rings. The minimum Gasteiger partial charge on any atom is -0.310 e. The van der Waals surface area contributed by atoms with Gasteiger partial charge in [0.1, 0.15) is 5.82 Å². The molecule has 0 unspecified atom stereocenters. The lowest BCUT2D eigenvalue weighted by atomic mass is 10.2. The van der Waals surface area contributed by atoms with Gasteiger partial charge in [0.2, 0.25) is 0 Å². The number of halogens is 1. The van der Waals surface area contributed by atoms with Gasteiger partial charge in [0, 0.05) is 27.9 Å². The maximum atomic E-state index is 14.0. The summed E-state index contributed by atoms with van der Waals surface area (Å²) in [5.41, 5.74) is 2.02. The van der Waals surface area contributed by atoms with E-state index in [1.807, 2.05) is 6.07 Å². The van der Waals surface area contributed by atoms with E-state index in [-0.39, 0.29) is 5.82 Å². The normalized spacial score (nSPS) is 14.5. The van der Waals surface area contributed by atoms with Gasteiger partial charge in [-0.1, -0.05) is 35.5 Å². The summed E-state index contributed by atoms with van der Waals surface area (Å²) in [5, 5.41) is 3.40. The lowest BCUT2D eigenvalue weighted by molar-refractivity contribution is 0.579. The highest BCUT2D eigenvalue weighted by Crippen LogP contribution is 2.32. The van der Waals surface area contributed by atoms with Gasteiger partial charge in [0.05, 0.1) is 0 Å². The summed E-state index contributed by atoms with van der Waals surface area (Å²) in [6, 6.07) is 14.3. The maximum Gasteiger partial charge on any atom is 0.128 e. The lowest BCUT2D eigenvalue weighted by Gasteiger charge is -2.11. The topological polar surface area (TPSA) is 12.0 Å². The molecular formula is C17H18FNS. The molecule has 1 aliphatic rings. The van der Waals surface area contributed by atoms with Crippen LogP contribution in [0.2, 0.25) is 0 Å². The number of hydrogen-bond acceptors (Lipinski definition) is 2. The molecule has 2 aromatic carbocycles. The van der Waals surface area contributed by atoms with E-state index in [1.165, 1.54) is 18.4 Å². The highest BCUT2D eigenvalue weighted by molar-refractivity contribution is 7.99. The van der Waals surface area contributed by atoms with E-state index in [0.29, 0.717) is 12.6 Å². The van der Waals surface area contributed by atoms with E-state index in [9.17, 15) is 4.39 Å². The Morgan fingerprint density at radius 3 is 2.60 bits per heavy atom. The van der Waals surface area contributed by atoms with Crippen LogP contribution >= 0.6 is 11.8 Å². The smallest absolute Gasteiger partial charge is 0.128 e. The molecule has 1 nitrogen and oxygen atoms in total. The summed E-state index contributed by atoms with van der Waals surface area (Å²) in [6.07, 6.45) is 2.43. The fourth-order valence-electron chi connectivity index (χ4n) is 2.07. The Morgan fingerprint density at radius 2 is 1.90 bits per heavy atom. The van der Waals surface area contributed by atoms with Gasteiger partial charge >= 0.3 is 0 Å². The molecule has 1 aliphatic carbocycles. The molecule has 0 heterocycles. The minimum absolute atomic E-state index is 0.115. The van der Waals surface area contributed by atoms with Crippen molar-refractivity contribution in [1.82, 2.24) is 5.32 Å². The molecule has 0 radical (unpaired) electrons. The zero-order valence-corrected chi connectivity index (χ0v) is 12.3. The summed E-state index contributed by atoms with van der Waals surface area (Å²) in [7, 11) is 0. The average Bonchev–Trinajstić information content (AvgIpc) is 3.25. The Bertz CT molecular complexity index is 590. The standard InChI is InChI=1S/C17H18FNS/c1-12-5-9-14(10-6-12)20-17-4-2-3-16(18)15(17)11-19-13-7-8-13/h2-6,9-10,13,19H,7-8,11H2,1H3. The first-order valence-electron chi connectivity index (χ1n) is 6.97. The van der Waals surface area contributed by atoms with Crippen molar-refractivity contribution in [3.05, 3.63) is 59.4 Å². The largest absolute Gasteiger partial charge is 0.310 e. The van der Waals surface area contributed by atoms with Gasteiger partial charge in [-0.25, -0.2) is 4.39 Å². The molecular weight excluding hydrogens is 269 g/mol. The second-order valence-corrected chi connectivity index (χ2v) is 6.40. The quantitative estimate of drug-likeness (QED) is 0.866. The fourth-order valence-corrected chi connectivity index (χ4v) is 3.04. The van der Waals surface area contributed by atoms with Crippen molar-refractivity contribution in [3.8, 4) is 0 Å². The summed E-state index contributed by atoms with van der Waals surface area (Å²) in [5.74, 6) is -0.115. The van der Waals surface area contributed by atoms with Crippen molar-refractivity contribution in [2.75, 3.05) is 0 Å². The SMILES string of the molecule is Cc1ccc(Sc2cccc(F)c2CNC2CC2)cc1. The average molecular weight is 287 g/mol. The van der Waals surface area contributed by atoms with Gasteiger partial charge in [-0.3, -0.25) is 0 Å².